The second kappa shape index (κ2) is 11.0. The Balaban J connectivity index is 1.60. The quantitative estimate of drug-likeness (QED) is 0.531. The smallest absolute Gasteiger partial charge is 0.191 e. The second-order valence-corrected chi connectivity index (χ2v) is 8.01. The number of likely N-dealkylation sites (N-methyl/N-ethyl adjacent to an activating group) is 1. The number of nitrogens with zero attached hydrogens (tertiary/aromatic N) is 3. The van der Waals surface area contributed by atoms with Crippen LogP contribution in [0.2, 0.25) is 0 Å². The van der Waals surface area contributed by atoms with Gasteiger partial charge in [-0.2, -0.15) is 0 Å². The number of aliphatic imine (C=N–C) groups is 1. The Kier molecular flexibility index (Phi) is 8.34. The topological polar surface area (TPSA) is 61.4 Å². The van der Waals surface area contributed by atoms with Crippen molar-refractivity contribution in [1.29, 1.82) is 0 Å². The zero-order chi connectivity index (χ0) is 18.9. The van der Waals surface area contributed by atoms with Gasteiger partial charge < -0.3 is 25.0 Å². The molecule has 1 aromatic heterocycles. The average Bonchev–Trinajstić information content (AvgIpc) is 3.21. The number of hydrogen-bond acceptors (Lipinski definition) is 6. The first-order chi connectivity index (χ1) is 13.3. The minimum Gasteiger partial charge on any atom is -0.379 e. The van der Waals surface area contributed by atoms with Crippen LogP contribution in [0, 0.1) is 0 Å². The third kappa shape index (κ3) is 6.43. The summed E-state index contributed by atoms with van der Waals surface area (Å²) in [5, 5.41) is 8.97. The van der Waals surface area contributed by atoms with Gasteiger partial charge in [0.05, 0.1) is 38.5 Å². The van der Waals surface area contributed by atoms with Gasteiger partial charge in [0.1, 0.15) is 0 Å². The summed E-state index contributed by atoms with van der Waals surface area (Å²) in [6.45, 7) is 10.7. The Hall–Kier alpha value is -1.19. The molecular weight excluding hydrogens is 362 g/mol. The minimum absolute atomic E-state index is 0.208. The van der Waals surface area contributed by atoms with Crippen LogP contribution < -0.4 is 10.6 Å². The summed E-state index contributed by atoms with van der Waals surface area (Å²) in [4.78, 5) is 11.1. The van der Waals surface area contributed by atoms with Gasteiger partial charge in [0.15, 0.2) is 5.96 Å². The fourth-order valence-corrected chi connectivity index (χ4v) is 4.33. The molecule has 0 aromatic carbocycles. The van der Waals surface area contributed by atoms with Gasteiger partial charge in [-0.05, 0) is 25.4 Å². The summed E-state index contributed by atoms with van der Waals surface area (Å²) in [5.41, 5.74) is 0. The van der Waals surface area contributed by atoms with Crippen LogP contribution >= 0.6 is 11.3 Å². The molecule has 8 heteroatoms. The van der Waals surface area contributed by atoms with Gasteiger partial charge in [0.25, 0.3) is 0 Å². The Bertz CT molecular complexity index is 562. The SMILES string of the molecule is CCNC(=NCC(c1cccs1)N1CCOCC1)NCC1CN(C)CCO1. The molecule has 152 valence electrons. The van der Waals surface area contributed by atoms with Crippen LogP contribution in [-0.2, 0) is 9.47 Å². The maximum atomic E-state index is 5.85. The maximum Gasteiger partial charge on any atom is 0.191 e. The zero-order valence-corrected chi connectivity index (χ0v) is 17.3. The molecule has 2 fully saturated rings. The summed E-state index contributed by atoms with van der Waals surface area (Å²) in [7, 11) is 2.14. The van der Waals surface area contributed by atoms with Crippen molar-refractivity contribution >= 4 is 17.3 Å². The summed E-state index contributed by atoms with van der Waals surface area (Å²) in [5.74, 6) is 0.865. The van der Waals surface area contributed by atoms with Crippen LogP contribution in [0.3, 0.4) is 0 Å². The van der Waals surface area contributed by atoms with Crippen LogP contribution in [0.25, 0.3) is 0 Å². The van der Waals surface area contributed by atoms with E-state index in [1.165, 1.54) is 4.88 Å². The fraction of sp³-hybridized carbons (Fsp3) is 0.737. The maximum absolute atomic E-state index is 5.85. The lowest BCUT2D eigenvalue weighted by atomic mass is 10.2. The molecule has 0 amide bonds. The van der Waals surface area contributed by atoms with E-state index in [2.05, 4.69) is 51.9 Å². The van der Waals surface area contributed by atoms with Gasteiger partial charge in [-0.3, -0.25) is 9.89 Å². The second-order valence-electron chi connectivity index (χ2n) is 7.04. The van der Waals surface area contributed by atoms with Gasteiger partial charge in [-0.15, -0.1) is 11.3 Å². The molecule has 2 atom stereocenters. The van der Waals surface area contributed by atoms with Crippen molar-refractivity contribution in [2.45, 2.75) is 19.1 Å². The number of rotatable bonds is 7. The van der Waals surface area contributed by atoms with E-state index in [9.17, 15) is 0 Å². The molecule has 2 saturated heterocycles. The first-order valence-electron chi connectivity index (χ1n) is 9.93. The van der Waals surface area contributed by atoms with Crippen molar-refractivity contribution in [3.63, 3.8) is 0 Å². The number of guanidine groups is 1. The van der Waals surface area contributed by atoms with Crippen LogP contribution in [0.1, 0.15) is 17.8 Å². The Morgan fingerprint density at radius 1 is 1.30 bits per heavy atom. The van der Waals surface area contributed by atoms with E-state index in [4.69, 9.17) is 14.5 Å². The van der Waals surface area contributed by atoms with Gasteiger partial charge in [-0.25, -0.2) is 0 Å². The fourth-order valence-electron chi connectivity index (χ4n) is 3.48. The van der Waals surface area contributed by atoms with E-state index >= 15 is 0 Å². The highest BCUT2D eigenvalue weighted by atomic mass is 32.1. The molecule has 7 nitrogen and oxygen atoms in total. The lowest BCUT2D eigenvalue weighted by Crippen LogP contribution is -2.48. The van der Waals surface area contributed by atoms with E-state index in [1.54, 1.807) is 0 Å². The number of ether oxygens (including phenoxy) is 2. The van der Waals surface area contributed by atoms with Crippen molar-refractivity contribution < 1.29 is 9.47 Å². The first kappa shape index (κ1) is 20.5. The Morgan fingerprint density at radius 3 is 2.85 bits per heavy atom. The van der Waals surface area contributed by atoms with Gasteiger partial charge in [0, 0.05) is 44.1 Å². The zero-order valence-electron chi connectivity index (χ0n) is 16.5. The third-order valence-corrected chi connectivity index (χ3v) is 5.94. The van der Waals surface area contributed by atoms with Crippen molar-refractivity contribution in [3.8, 4) is 0 Å². The summed E-state index contributed by atoms with van der Waals surface area (Å²) in [6, 6.07) is 4.64. The van der Waals surface area contributed by atoms with Crippen LogP contribution in [0.4, 0.5) is 0 Å². The summed E-state index contributed by atoms with van der Waals surface area (Å²) in [6.07, 6.45) is 0.208. The van der Waals surface area contributed by atoms with Gasteiger partial charge >= 0.3 is 0 Å². The molecule has 0 spiro atoms. The normalized spacial score (nSPS) is 23.9. The largest absolute Gasteiger partial charge is 0.379 e. The van der Waals surface area contributed by atoms with Gasteiger partial charge in [0.2, 0.25) is 0 Å². The van der Waals surface area contributed by atoms with Gasteiger partial charge in [-0.1, -0.05) is 6.07 Å². The number of morpholine rings is 2. The van der Waals surface area contributed by atoms with Crippen LogP contribution in [0.15, 0.2) is 22.5 Å². The van der Waals surface area contributed by atoms with Crippen LogP contribution in [-0.4, -0.2) is 94.5 Å². The molecule has 2 unspecified atom stereocenters. The predicted octanol–water partition coefficient (Wildman–Crippen LogP) is 1.01. The van der Waals surface area contributed by atoms with Crippen LogP contribution in [0.5, 0.6) is 0 Å². The summed E-state index contributed by atoms with van der Waals surface area (Å²) < 4.78 is 11.4. The van der Waals surface area contributed by atoms with E-state index < -0.39 is 0 Å². The molecule has 3 heterocycles. The number of thiophene rings is 1. The standard InChI is InChI=1S/C19H33N5O2S/c1-3-20-19(21-13-16-15-23(2)6-11-26-16)22-14-17(18-5-4-12-27-18)24-7-9-25-10-8-24/h4-5,12,16-17H,3,6-11,13-15H2,1-2H3,(H2,20,21,22). The molecule has 0 saturated carbocycles. The molecule has 3 rings (SSSR count). The van der Waals surface area contributed by atoms with E-state index in [-0.39, 0.29) is 6.10 Å². The molecule has 27 heavy (non-hydrogen) atoms. The Morgan fingerprint density at radius 2 is 2.15 bits per heavy atom. The summed E-state index contributed by atoms with van der Waals surface area (Å²) >= 11 is 1.81. The number of nitrogens with one attached hydrogen (secondary N) is 2. The molecule has 2 aliphatic rings. The molecule has 0 aliphatic carbocycles. The van der Waals surface area contributed by atoms with E-state index in [0.717, 1.165) is 71.6 Å². The molecule has 1 aromatic rings. The lowest BCUT2D eigenvalue weighted by molar-refractivity contribution is -0.0161. The molecule has 2 N–H and O–H groups in total. The highest BCUT2D eigenvalue weighted by molar-refractivity contribution is 7.10. The highest BCUT2D eigenvalue weighted by Gasteiger charge is 2.23. The van der Waals surface area contributed by atoms with Crippen molar-refractivity contribution in [3.05, 3.63) is 22.4 Å². The van der Waals surface area contributed by atoms with Crippen molar-refractivity contribution in [1.82, 2.24) is 20.4 Å². The van der Waals surface area contributed by atoms with Crippen molar-refractivity contribution in [2.75, 3.05) is 72.7 Å². The number of hydrogen-bond donors (Lipinski definition) is 2. The predicted molar refractivity (Wildman–Crippen MR) is 111 cm³/mol. The molecule has 0 bridgehead atoms. The lowest BCUT2D eigenvalue weighted by Gasteiger charge is -2.33. The first-order valence-corrected chi connectivity index (χ1v) is 10.8. The third-order valence-electron chi connectivity index (χ3n) is 4.96. The average molecular weight is 396 g/mol. The molecule has 2 aliphatic heterocycles. The molecule has 0 radical (unpaired) electrons. The van der Waals surface area contributed by atoms with E-state index in [0.29, 0.717) is 6.04 Å². The Labute approximate surface area is 166 Å². The van der Waals surface area contributed by atoms with Crippen molar-refractivity contribution in [2.24, 2.45) is 4.99 Å². The van der Waals surface area contributed by atoms with E-state index in [1.807, 2.05) is 11.3 Å². The minimum atomic E-state index is 0.208. The molecular formula is C19H33N5O2S. The highest BCUT2D eigenvalue weighted by Crippen LogP contribution is 2.26. The monoisotopic (exact) mass is 395 g/mol.